The Morgan fingerprint density at radius 3 is 2.52 bits per heavy atom. The number of anilines is 1. The van der Waals surface area contributed by atoms with Gasteiger partial charge in [-0.1, -0.05) is 11.3 Å². The maximum Gasteiger partial charge on any atom is 0.433 e. The first-order chi connectivity index (χ1) is 12.7. The van der Waals surface area contributed by atoms with Gasteiger partial charge in [0.25, 0.3) is 0 Å². The fourth-order valence-electron chi connectivity index (χ4n) is 3.07. The predicted octanol–water partition coefficient (Wildman–Crippen LogP) is 3.62. The number of hydrogen-bond donors (Lipinski definition) is 2. The molecule has 0 unspecified atom stereocenters. The van der Waals surface area contributed by atoms with E-state index < -0.39 is 21.9 Å². The summed E-state index contributed by atoms with van der Waals surface area (Å²) in [5.74, 6) is 0.377. The Bertz CT molecular complexity index is 891. The van der Waals surface area contributed by atoms with Crippen LogP contribution in [0.1, 0.15) is 38.3 Å². The fraction of sp³-hybridized carbons (Fsp3) is 0.625. The summed E-state index contributed by atoms with van der Waals surface area (Å²) < 4.78 is 63.9. The summed E-state index contributed by atoms with van der Waals surface area (Å²) in [6.07, 6.45) is -0.995. The van der Waals surface area contributed by atoms with Crippen molar-refractivity contribution in [2.75, 3.05) is 17.6 Å². The Kier molecular flexibility index (Phi) is 5.92. The van der Waals surface area contributed by atoms with Crippen LogP contribution < -0.4 is 10.0 Å². The van der Waals surface area contributed by atoms with Gasteiger partial charge in [0.15, 0.2) is 5.13 Å². The van der Waals surface area contributed by atoms with Gasteiger partial charge in [0.05, 0.1) is 5.75 Å². The predicted molar refractivity (Wildman–Crippen MR) is 99.2 cm³/mol. The smallest absolute Gasteiger partial charge is 0.359 e. The van der Waals surface area contributed by atoms with Crippen molar-refractivity contribution < 1.29 is 21.6 Å². The molecule has 11 heteroatoms. The van der Waals surface area contributed by atoms with E-state index in [2.05, 4.69) is 20.0 Å². The lowest BCUT2D eigenvalue weighted by molar-refractivity contribution is -0.140. The molecule has 1 fully saturated rings. The number of alkyl halides is 3. The first-order valence-electron chi connectivity index (χ1n) is 8.75. The van der Waals surface area contributed by atoms with E-state index in [4.69, 9.17) is 0 Å². The Labute approximate surface area is 159 Å². The molecule has 3 rings (SSSR count). The molecular formula is C16H21F3N4O2S2. The summed E-state index contributed by atoms with van der Waals surface area (Å²) in [6.45, 7) is 2.06. The zero-order valence-electron chi connectivity index (χ0n) is 14.7. The Morgan fingerprint density at radius 2 is 1.89 bits per heavy atom. The van der Waals surface area contributed by atoms with Gasteiger partial charge < -0.3 is 5.32 Å². The lowest BCUT2D eigenvalue weighted by Crippen LogP contribution is -2.34. The normalized spacial score (nSPS) is 21.5. The lowest BCUT2D eigenvalue weighted by Gasteiger charge is -2.29. The van der Waals surface area contributed by atoms with Crippen LogP contribution in [-0.2, 0) is 16.2 Å². The molecule has 6 nitrogen and oxygen atoms in total. The molecule has 1 saturated carbocycles. The van der Waals surface area contributed by atoms with Gasteiger partial charge >= 0.3 is 6.18 Å². The summed E-state index contributed by atoms with van der Waals surface area (Å²) in [7, 11) is -3.17. The number of nitrogens with one attached hydrogen (secondary N) is 2. The van der Waals surface area contributed by atoms with Crippen molar-refractivity contribution in [3.63, 3.8) is 0 Å². The Hall–Kier alpha value is -1.46. The molecule has 1 aliphatic rings. The topological polar surface area (TPSA) is 84.0 Å². The van der Waals surface area contributed by atoms with Crippen LogP contribution in [0.4, 0.5) is 18.3 Å². The average Bonchev–Trinajstić information content (AvgIpc) is 3.02. The molecule has 0 amide bonds. The standard InChI is InChI=1S/C16H21F3N4O2S2/c1-2-27(24,25)20-9-10-3-5-11(6-4-10)21-15-22-12-7-8-13(16(17,18)19)23-14(12)26-15/h7-8,10-11,20H,2-6,9H2,1H3,(H,21,22)/t10-,11-. The number of thiazole rings is 1. The maximum absolute atomic E-state index is 12.8. The van der Waals surface area contributed by atoms with Crippen molar-refractivity contribution in [3.05, 3.63) is 17.8 Å². The summed E-state index contributed by atoms with van der Waals surface area (Å²) >= 11 is 1.11. The fourth-order valence-corrected chi connectivity index (χ4v) is 4.68. The maximum atomic E-state index is 12.8. The van der Waals surface area contributed by atoms with E-state index in [0.717, 1.165) is 43.1 Å². The monoisotopic (exact) mass is 422 g/mol. The zero-order chi connectivity index (χ0) is 19.7. The van der Waals surface area contributed by atoms with Crippen molar-refractivity contribution in [2.24, 2.45) is 5.92 Å². The van der Waals surface area contributed by atoms with Crippen LogP contribution in [0.3, 0.4) is 0 Å². The number of hydrogen-bond acceptors (Lipinski definition) is 6. The molecule has 150 valence electrons. The van der Waals surface area contributed by atoms with Crippen molar-refractivity contribution in [2.45, 2.75) is 44.8 Å². The SMILES string of the molecule is CCS(=O)(=O)NC[C@H]1CC[C@H](Nc2nc3ccc(C(F)(F)F)nc3s2)CC1. The number of fused-ring (bicyclic) bond motifs is 1. The third-order valence-electron chi connectivity index (χ3n) is 4.69. The van der Waals surface area contributed by atoms with E-state index in [1.54, 1.807) is 6.92 Å². The molecule has 0 atom stereocenters. The second kappa shape index (κ2) is 7.88. The van der Waals surface area contributed by atoms with E-state index in [1.807, 2.05) is 0 Å². The summed E-state index contributed by atoms with van der Waals surface area (Å²) in [4.78, 5) is 8.23. The van der Waals surface area contributed by atoms with Crippen molar-refractivity contribution in [1.29, 1.82) is 0 Å². The second-order valence-corrected chi connectivity index (χ2v) is 9.72. The Morgan fingerprint density at radius 1 is 1.19 bits per heavy atom. The van der Waals surface area contributed by atoms with Gasteiger partial charge in [-0.15, -0.1) is 0 Å². The van der Waals surface area contributed by atoms with Crippen LogP contribution in [-0.4, -0.2) is 36.7 Å². The largest absolute Gasteiger partial charge is 0.433 e. The van der Waals surface area contributed by atoms with Crippen LogP contribution in [0.5, 0.6) is 0 Å². The molecule has 2 N–H and O–H groups in total. The van der Waals surface area contributed by atoms with E-state index in [0.29, 0.717) is 23.1 Å². The first-order valence-corrected chi connectivity index (χ1v) is 11.2. The quantitative estimate of drug-likeness (QED) is 0.743. The number of rotatable bonds is 6. The van der Waals surface area contributed by atoms with Crippen LogP contribution >= 0.6 is 11.3 Å². The second-order valence-electron chi connectivity index (χ2n) is 6.65. The molecule has 2 heterocycles. The number of halogens is 3. The molecular weight excluding hydrogens is 401 g/mol. The van der Waals surface area contributed by atoms with Crippen LogP contribution in [0.2, 0.25) is 0 Å². The minimum Gasteiger partial charge on any atom is -0.359 e. The molecule has 1 aliphatic carbocycles. The van der Waals surface area contributed by atoms with Crippen LogP contribution in [0.25, 0.3) is 10.3 Å². The van der Waals surface area contributed by atoms with Crippen LogP contribution in [0, 0.1) is 5.92 Å². The summed E-state index contributed by atoms with van der Waals surface area (Å²) in [5, 5.41) is 3.84. The lowest BCUT2D eigenvalue weighted by atomic mass is 9.86. The minimum absolute atomic E-state index is 0.0750. The molecule has 0 spiro atoms. The number of nitrogens with zero attached hydrogens (tertiary/aromatic N) is 2. The summed E-state index contributed by atoms with van der Waals surface area (Å²) in [6, 6.07) is 2.45. The van der Waals surface area contributed by atoms with Crippen LogP contribution in [0.15, 0.2) is 12.1 Å². The van der Waals surface area contributed by atoms with Gasteiger partial charge in [0.1, 0.15) is 16.0 Å². The van der Waals surface area contributed by atoms with Gasteiger partial charge in [-0.05, 0) is 50.7 Å². The number of sulfonamides is 1. The van der Waals surface area contributed by atoms with Gasteiger partial charge in [0.2, 0.25) is 10.0 Å². The molecule has 0 saturated heterocycles. The van der Waals surface area contributed by atoms with E-state index in [9.17, 15) is 21.6 Å². The van der Waals surface area contributed by atoms with E-state index in [1.165, 1.54) is 6.07 Å². The molecule has 2 aromatic rings. The van der Waals surface area contributed by atoms with Gasteiger partial charge in [0, 0.05) is 12.6 Å². The highest BCUT2D eigenvalue weighted by Gasteiger charge is 2.33. The van der Waals surface area contributed by atoms with E-state index in [-0.39, 0.29) is 16.6 Å². The number of pyridine rings is 1. The van der Waals surface area contributed by atoms with Gasteiger partial charge in [-0.2, -0.15) is 13.2 Å². The summed E-state index contributed by atoms with van der Waals surface area (Å²) in [5.41, 5.74) is -0.474. The third kappa shape index (κ3) is 5.29. The molecule has 0 aromatic carbocycles. The Balaban J connectivity index is 1.56. The average molecular weight is 422 g/mol. The minimum atomic E-state index is -4.47. The number of aromatic nitrogens is 2. The zero-order valence-corrected chi connectivity index (χ0v) is 16.3. The third-order valence-corrected chi connectivity index (χ3v) is 6.96. The molecule has 27 heavy (non-hydrogen) atoms. The highest BCUT2D eigenvalue weighted by atomic mass is 32.2. The molecule has 2 aromatic heterocycles. The molecule has 0 bridgehead atoms. The molecule has 0 radical (unpaired) electrons. The highest BCUT2D eigenvalue weighted by Crippen LogP contribution is 2.33. The van der Waals surface area contributed by atoms with Crippen molar-refractivity contribution in [3.8, 4) is 0 Å². The van der Waals surface area contributed by atoms with Gasteiger partial charge in [-0.3, -0.25) is 0 Å². The highest BCUT2D eigenvalue weighted by molar-refractivity contribution is 7.89. The van der Waals surface area contributed by atoms with E-state index >= 15 is 0 Å². The van der Waals surface area contributed by atoms with Gasteiger partial charge in [-0.25, -0.2) is 23.1 Å². The van der Waals surface area contributed by atoms with Crippen molar-refractivity contribution >= 4 is 36.8 Å². The first kappa shape index (κ1) is 20.3. The van der Waals surface area contributed by atoms with Crippen molar-refractivity contribution in [1.82, 2.24) is 14.7 Å². The molecule has 0 aliphatic heterocycles.